The van der Waals surface area contributed by atoms with E-state index >= 15 is 0 Å². The molecule has 1 saturated heterocycles. The van der Waals surface area contributed by atoms with Gasteiger partial charge in [0.2, 0.25) is 0 Å². The summed E-state index contributed by atoms with van der Waals surface area (Å²) in [7, 11) is 0. The van der Waals surface area contributed by atoms with Gasteiger partial charge >= 0.3 is 5.63 Å². The average Bonchev–Trinajstić information content (AvgIpc) is 3.31. The number of piperidine rings is 1. The molecule has 0 unspecified atom stereocenters. The van der Waals surface area contributed by atoms with Gasteiger partial charge in [-0.25, -0.2) is 4.79 Å². The maximum absolute atomic E-state index is 13.3. The lowest BCUT2D eigenvalue weighted by Gasteiger charge is -2.43. The Kier molecular flexibility index (Phi) is 5.06. The number of rotatable bonds is 3. The minimum Gasteiger partial charge on any atom is -0.479 e. The number of benzene rings is 1. The summed E-state index contributed by atoms with van der Waals surface area (Å²) in [6.07, 6.45) is 2.70. The van der Waals surface area contributed by atoms with Crippen molar-refractivity contribution in [3.05, 3.63) is 72.9 Å². The molecule has 0 saturated carbocycles. The van der Waals surface area contributed by atoms with E-state index in [1.807, 2.05) is 15.5 Å². The topological polar surface area (TPSA) is 81.8 Å². The lowest BCUT2D eigenvalue weighted by molar-refractivity contribution is -0.140. The third kappa shape index (κ3) is 3.45. The minimum absolute atomic E-state index is 0.0203. The Hall–Kier alpha value is -3.06. The number of carbonyl (C=O) groups excluding carboxylic acids is 1. The first kappa shape index (κ1) is 21.5. The maximum atomic E-state index is 13.3. The van der Waals surface area contributed by atoms with Crippen LogP contribution in [0.1, 0.15) is 42.5 Å². The van der Waals surface area contributed by atoms with Crippen molar-refractivity contribution < 1.29 is 13.9 Å². The Bertz CT molecular complexity index is 1440. The summed E-state index contributed by atoms with van der Waals surface area (Å²) >= 11 is 6.53. The monoisotopic (exact) mass is 480 g/mol. The van der Waals surface area contributed by atoms with E-state index in [1.54, 1.807) is 31.2 Å². The van der Waals surface area contributed by atoms with Crippen LogP contribution in [0.4, 0.5) is 0 Å². The number of aryl methyl sites for hydroxylation is 1. The SMILES string of the molecule is C[C@H](Oc1cc2oc(=O)c3c(c2cc1Cl)CCC3)C(=O)N1C[C@@H]2C[C@@H](C1)c1cccc(=O)n1C2. The van der Waals surface area contributed by atoms with E-state index < -0.39 is 6.10 Å². The number of nitrogens with zero attached hydrogens (tertiary/aromatic N) is 2. The number of ether oxygens (including phenoxy) is 1. The molecule has 1 aromatic carbocycles. The van der Waals surface area contributed by atoms with Crippen LogP contribution in [0.3, 0.4) is 0 Å². The van der Waals surface area contributed by atoms with Crippen molar-refractivity contribution in [1.29, 1.82) is 0 Å². The van der Waals surface area contributed by atoms with Crippen molar-refractivity contribution in [1.82, 2.24) is 9.47 Å². The molecule has 2 aliphatic heterocycles. The number of hydrogen-bond acceptors (Lipinski definition) is 5. The number of amides is 1. The van der Waals surface area contributed by atoms with Crippen LogP contribution in [0, 0.1) is 5.92 Å². The molecule has 3 aliphatic rings. The zero-order valence-electron chi connectivity index (χ0n) is 18.9. The molecule has 6 rings (SSSR count). The fourth-order valence-electron chi connectivity index (χ4n) is 5.95. The van der Waals surface area contributed by atoms with Crippen LogP contribution in [0.15, 0.2) is 44.3 Å². The van der Waals surface area contributed by atoms with Gasteiger partial charge in [0.25, 0.3) is 11.5 Å². The Morgan fingerprint density at radius 3 is 2.82 bits per heavy atom. The molecular formula is C26H25ClN2O5. The summed E-state index contributed by atoms with van der Waals surface area (Å²) in [5, 5.41) is 1.22. The molecule has 8 heteroatoms. The Morgan fingerprint density at radius 1 is 1.15 bits per heavy atom. The summed E-state index contributed by atoms with van der Waals surface area (Å²) in [6.45, 7) is 3.49. The van der Waals surface area contributed by atoms with E-state index in [0.29, 0.717) is 36.0 Å². The largest absolute Gasteiger partial charge is 0.479 e. The van der Waals surface area contributed by atoms with Crippen molar-refractivity contribution in [2.45, 2.75) is 51.2 Å². The lowest BCUT2D eigenvalue weighted by atomic mass is 9.83. The smallest absolute Gasteiger partial charge is 0.339 e. The maximum Gasteiger partial charge on any atom is 0.339 e. The van der Waals surface area contributed by atoms with E-state index in [2.05, 4.69) is 0 Å². The van der Waals surface area contributed by atoms with Crippen molar-refractivity contribution in [3.63, 3.8) is 0 Å². The van der Waals surface area contributed by atoms with Crippen LogP contribution >= 0.6 is 11.6 Å². The molecule has 34 heavy (non-hydrogen) atoms. The highest BCUT2D eigenvalue weighted by Crippen LogP contribution is 2.37. The highest BCUT2D eigenvalue weighted by atomic mass is 35.5. The molecule has 1 amide bonds. The number of pyridine rings is 1. The van der Waals surface area contributed by atoms with E-state index in [1.165, 1.54) is 0 Å². The summed E-state index contributed by atoms with van der Waals surface area (Å²) in [6, 6.07) is 8.75. The van der Waals surface area contributed by atoms with Gasteiger partial charge < -0.3 is 18.6 Å². The van der Waals surface area contributed by atoms with Gasteiger partial charge in [0.15, 0.2) is 6.10 Å². The van der Waals surface area contributed by atoms with Crippen molar-refractivity contribution in [3.8, 4) is 5.75 Å². The van der Waals surface area contributed by atoms with Gasteiger partial charge in [0.1, 0.15) is 11.3 Å². The molecule has 0 spiro atoms. The number of halogens is 1. The highest BCUT2D eigenvalue weighted by Gasteiger charge is 2.37. The van der Waals surface area contributed by atoms with Gasteiger partial charge in [-0.15, -0.1) is 0 Å². The average molecular weight is 481 g/mol. The van der Waals surface area contributed by atoms with Gasteiger partial charge in [-0.2, -0.15) is 0 Å². The summed E-state index contributed by atoms with van der Waals surface area (Å²) in [5.41, 5.74) is 2.88. The number of fused-ring (bicyclic) bond motifs is 7. The molecule has 3 atom stereocenters. The first-order chi connectivity index (χ1) is 16.4. The molecular weight excluding hydrogens is 456 g/mol. The molecule has 176 valence electrons. The minimum atomic E-state index is -0.757. The molecule has 2 bridgehead atoms. The van der Waals surface area contributed by atoms with Gasteiger partial charge in [-0.05, 0) is 56.2 Å². The van der Waals surface area contributed by atoms with Crippen molar-refractivity contribution >= 4 is 28.5 Å². The second-order valence-corrected chi connectivity index (χ2v) is 10.1. The van der Waals surface area contributed by atoms with E-state index in [9.17, 15) is 14.4 Å². The normalized spacial score (nSPS) is 21.8. The van der Waals surface area contributed by atoms with Gasteiger partial charge in [-0.1, -0.05) is 17.7 Å². The first-order valence-corrected chi connectivity index (χ1v) is 12.2. The number of aromatic nitrogens is 1. The first-order valence-electron chi connectivity index (χ1n) is 11.8. The molecule has 2 aromatic heterocycles. The zero-order chi connectivity index (χ0) is 23.6. The third-order valence-electron chi connectivity index (χ3n) is 7.47. The zero-order valence-corrected chi connectivity index (χ0v) is 19.6. The molecule has 0 N–H and O–H groups in total. The van der Waals surface area contributed by atoms with Crippen LogP contribution in [0.2, 0.25) is 5.02 Å². The van der Waals surface area contributed by atoms with Crippen LogP contribution in [0.5, 0.6) is 5.75 Å². The van der Waals surface area contributed by atoms with Crippen LogP contribution in [0.25, 0.3) is 11.0 Å². The highest BCUT2D eigenvalue weighted by molar-refractivity contribution is 6.32. The van der Waals surface area contributed by atoms with Crippen LogP contribution in [-0.2, 0) is 24.2 Å². The Labute approximate surface area is 200 Å². The van der Waals surface area contributed by atoms with Gasteiger partial charge in [-0.3, -0.25) is 9.59 Å². The molecule has 0 radical (unpaired) electrons. The molecule has 3 aromatic rings. The van der Waals surface area contributed by atoms with E-state index in [-0.39, 0.29) is 28.9 Å². The lowest BCUT2D eigenvalue weighted by Crippen LogP contribution is -2.52. The molecule has 7 nitrogen and oxygen atoms in total. The molecule has 1 aliphatic carbocycles. The summed E-state index contributed by atoms with van der Waals surface area (Å²) in [5.74, 6) is 0.583. The van der Waals surface area contributed by atoms with Crippen LogP contribution in [-0.4, -0.2) is 34.6 Å². The fourth-order valence-corrected chi connectivity index (χ4v) is 6.16. The Balaban J connectivity index is 1.24. The predicted octanol–water partition coefficient (Wildman–Crippen LogP) is 3.51. The summed E-state index contributed by atoms with van der Waals surface area (Å²) in [4.78, 5) is 39.7. The van der Waals surface area contributed by atoms with E-state index in [4.69, 9.17) is 20.8 Å². The number of likely N-dealkylation sites (tertiary alicyclic amines) is 1. The quantitative estimate of drug-likeness (QED) is 0.536. The number of hydrogen-bond donors (Lipinski definition) is 0. The third-order valence-corrected chi connectivity index (χ3v) is 7.76. The second kappa shape index (κ2) is 8.01. The second-order valence-electron chi connectivity index (χ2n) is 9.68. The van der Waals surface area contributed by atoms with Gasteiger partial charge in [0, 0.05) is 54.3 Å². The fraction of sp³-hybridized carbons (Fsp3) is 0.423. The standard InChI is InChI=1S/C26H25ClN2O5/c1-14(25(31)28-11-15-8-16(13-28)21-6-3-7-24(30)29(21)12-15)33-23-10-22-19(9-20(23)27)17-4-2-5-18(17)26(32)34-22/h3,6-7,9-10,14-16H,2,4-5,8,11-13H2,1H3/t14-,15-,16-/m0/s1. The van der Waals surface area contributed by atoms with Gasteiger partial charge in [0.05, 0.1) is 5.02 Å². The summed E-state index contributed by atoms with van der Waals surface area (Å²) < 4.78 is 13.4. The van der Waals surface area contributed by atoms with Crippen LogP contribution < -0.4 is 15.9 Å². The number of carbonyl (C=O) groups is 1. The molecule has 4 heterocycles. The van der Waals surface area contributed by atoms with Crippen molar-refractivity contribution in [2.75, 3.05) is 13.1 Å². The Morgan fingerprint density at radius 2 is 1.97 bits per heavy atom. The molecule has 1 fully saturated rings. The van der Waals surface area contributed by atoms with E-state index in [0.717, 1.165) is 47.9 Å². The predicted molar refractivity (Wildman–Crippen MR) is 128 cm³/mol. The van der Waals surface area contributed by atoms with Crippen molar-refractivity contribution in [2.24, 2.45) is 5.92 Å².